The Morgan fingerprint density at radius 2 is 1.86 bits per heavy atom. The van der Waals surface area contributed by atoms with Gasteiger partial charge in [-0.25, -0.2) is 0 Å². The smallest absolute Gasteiger partial charge is 0.163 e. The molecule has 2 aliphatic rings. The van der Waals surface area contributed by atoms with Crippen LogP contribution in [0.4, 0.5) is 11.4 Å². The van der Waals surface area contributed by atoms with Crippen molar-refractivity contribution in [1.29, 1.82) is 5.26 Å². The Labute approximate surface area is 266 Å². The normalized spacial score (nSPS) is 15.9. The summed E-state index contributed by atoms with van der Waals surface area (Å²) in [6, 6.07) is 14.8. The van der Waals surface area contributed by atoms with E-state index in [1.54, 1.807) is 25.4 Å². The molecule has 0 bridgehead atoms. The number of nitrogens with one attached hydrogen (secondary N) is 1. The van der Waals surface area contributed by atoms with Crippen molar-refractivity contribution in [2.45, 2.75) is 25.9 Å². The molecule has 0 unspecified atom stereocenters. The molecule has 1 N–H and O–H groups in total. The number of likely N-dealkylation sites (tertiary alicyclic amines) is 1. The number of halogens is 2. The summed E-state index contributed by atoms with van der Waals surface area (Å²) in [6.07, 6.45) is 6.55. The lowest BCUT2D eigenvalue weighted by molar-refractivity contribution is -0.139. The lowest BCUT2D eigenvalue weighted by Gasteiger charge is -2.47. The van der Waals surface area contributed by atoms with E-state index in [2.05, 4.69) is 26.3 Å². The third-order valence-corrected chi connectivity index (χ3v) is 8.87. The first-order chi connectivity index (χ1) is 21.5. The van der Waals surface area contributed by atoms with Crippen molar-refractivity contribution in [2.75, 3.05) is 51.9 Å². The number of aromatic nitrogens is 2. The summed E-state index contributed by atoms with van der Waals surface area (Å²) in [5.74, 6) is 1.57. The van der Waals surface area contributed by atoms with Crippen LogP contribution in [0.15, 0.2) is 54.9 Å². The van der Waals surface area contributed by atoms with Gasteiger partial charge in [0, 0.05) is 41.9 Å². The van der Waals surface area contributed by atoms with Crippen molar-refractivity contribution in [1.82, 2.24) is 14.9 Å². The van der Waals surface area contributed by atoms with Gasteiger partial charge in [-0.2, -0.15) is 5.26 Å². The number of piperidine rings is 1. The molecule has 2 fully saturated rings. The van der Waals surface area contributed by atoms with Gasteiger partial charge in [-0.15, -0.1) is 0 Å². The highest BCUT2D eigenvalue weighted by Gasteiger charge is 2.40. The van der Waals surface area contributed by atoms with Gasteiger partial charge in [0.05, 0.1) is 65.1 Å². The molecule has 0 radical (unpaired) electrons. The predicted octanol–water partition coefficient (Wildman–Crippen LogP) is 7.02. The Bertz CT molecular complexity index is 1670. The number of anilines is 2. The third kappa shape index (κ3) is 6.64. The molecule has 11 heteroatoms. The second-order valence-electron chi connectivity index (χ2n) is 11.2. The monoisotopic (exact) mass is 633 g/mol. The average molecular weight is 635 g/mol. The Morgan fingerprint density at radius 3 is 2.57 bits per heavy atom. The summed E-state index contributed by atoms with van der Waals surface area (Å²) < 4.78 is 23.3. The first-order valence-electron chi connectivity index (χ1n) is 14.6. The van der Waals surface area contributed by atoms with Crippen LogP contribution in [0.1, 0.15) is 30.5 Å². The maximum Gasteiger partial charge on any atom is 0.163 e. The summed E-state index contributed by atoms with van der Waals surface area (Å²) in [4.78, 5) is 11.3. The maximum absolute atomic E-state index is 9.93. The van der Waals surface area contributed by atoms with Gasteiger partial charge in [-0.1, -0.05) is 29.3 Å². The first kappa shape index (κ1) is 30.2. The highest BCUT2D eigenvalue weighted by atomic mass is 35.5. The number of pyridine rings is 2. The van der Waals surface area contributed by atoms with Crippen LogP contribution in [0.5, 0.6) is 17.2 Å². The number of rotatable bonds is 11. The van der Waals surface area contributed by atoms with Crippen LogP contribution in [-0.2, 0) is 11.3 Å². The van der Waals surface area contributed by atoms with Gasteiger partial charge < -0.3 is 29.2 Å². The minimum Gasteiger partial charge on any atom is -0.493 e. The summed E-state index contributed by atoms with van der Waals surface area (Å²) in [5.41, 5.74) is 3.22. The first-order valence-corrected chi connectivity index (χ1v) is 15.3. The number of hydrogen-bond donors (Lipinski definition) is 1. The fraction of sp³-hybridized carbons (Fsp3) is 0.364. The van der Waals surface area contributed by atoms with Gasteiger partial charge in [0.1, 0.15) is 18.4 Å². The van der Waals surface area contributed by atoms with Crippen molar-refractivity contribution >= 4 is 45.5 Å². The van der Waals surface area contributed by atoms with Gasteiger partial charge in [0.25, 0.3) is 0 Å². The number of fused-ring (bicyclic) bond motifs is 1. The molecule has 4 heterocycles. The fourth-order valence-corrected chi connectivity index (χ4v) is 6.08. The van der Waals surface area contributed by atoms with Crippen LogP contribution < -0.4 is 19.5 Å². The zero-order chi connectivity index (χ0) is 30.5. The van der Waals surface area contributed by atoms with Crippen LogP contribution in [0.2, 0.25) is 10.0 Å². The second kappa shape index (κ2) is 13.4. The van der Waals surface area contributed by atoms with Crippen molar-refractivity contribution in [3.8, 4) is 23.3 Å². The molecule has 228 valence electrons. The molecule has 6 rings (SSSR count). The zero-order valence-electron chi connectivity index (χ0n) is 24.4. The maximum atomic E-state index is 9.93. The molecule has 4 aromatic rings. The number of benzene rings is 2. The number of methoxy groups -OCH3 is 1. The van der Waals surface area contributed by atoms with E-state index < -0.39 is 0 Å². The van der Waals surface area contributed by atoms with Crippen molar-refractivity contribution in [2.24, 2.45) is 5.41 Å². The van der Waals surface area contributed by atoms with Gasteiger partial charge in [-0.3, -0.25) is 9.97 Å². The quantitative estimate of drug-likeness (QED) is 0.174. The van der Waals surface area contributed by atoms with Crippen molar-refractivity contribution < 1.29 is 18.9 Å². The van der Waals surface area contributed by atoms with Crippen LogP contribution in [-0.4, -0.2) is 61.4 Å². The van der Waals surface area contributed by atoms with Crippen LogP contribution in [0.25, 0.3) is 10.9 Å². The molecule has 44 heavy (non-hydrogen) atoms. The van der Waals surface area contributed by atoms with Gasteiger partial charge in [-0.05, 0) is 56.6 Å². The number of hydrogen-bond acceptors (Lipinski definition) is 9. The van der Waals surface area contributed by atoms with Crippen molar-refractivity contribution in [3.05, 3.63) is 76.2 Å². The predicted molar refractivity (Wildman–Crippen MR) is 170 cm³/mol. The Balaban J connectivity index is 1.17. The van der Waals surface area contributed by atoms with E-state index in [1.165, 1.54) is 19.0 Å². The van der Waals surface area contributed by atoms with Gasteiger partial charge in [0.15, 0.2) is 11.5 Å². The molecule has 0 aliphatic carbocycles. The molecule has 0 atom stereocenters. The standard InChI is InChI=1S/C33H33Cl2N5O4/c1-41-30-13-24-27(15-31(30)43-12-4-9-40-10-6-33(7-11-40)20-42-21-33)38-18-22(17-36)32(24)39-28-16-29(26(35)14-25(28)34)44-19-23-5-2-3-8-37-23/h2-3,5,8,13-16,18H,4,6-7,9-12,19-21H2,1H3,(H,38,39). The molecule has 0 saturated carbocycles. The molecule has 9 nitrogen and oxygen atoms in total. The van der Waals surface area contributed by atoms with E-state index in [-0.39, 0.29) is 6.61 Å². The SMILES string of the molecule is COc1cc2c(Nc3cc(OCc4ccccn4)c(Cl)cc3Cl)c(C#N)cnc2cc1OCCCN1CCC2(CC1)COC2. The largest absolute Gasteiger partial charge is 0.493 e. The molecule has 2 aromatic heterocycles. The number of ether oxygens (including phenoxy) is 4. The molecule has 2 aromatic carbocycles. The Morgan fingerprint density at radius 1 is 1.02 bits per heavy atom. The van der Waals surface area contributed by atoms with Crippen molar-refractivity contribution in [3.63, 3.8) is 0 Å². The van der Waals surface area contributed by atoms with Gasteiger partial charge >= 0.3 is 0 Å². The summed E-state index contributed by atoms with van der Waals surface area (Å²) in [5, 5.41) is 14.6. The number of nitrogens with zero attached hydrogens (tertiary/aromatic N) is 4. The fourth-order valence-electron chi connectivity index (χ4n) is 5.60. The summed E-state index contributed by atoms with van der Waals surface area (Å²) in [7, 11) is 1.59. The van der Waals surface area contributed by atoms with E-state index in [0.29, 0.717) is 67.2 Å². The second-order valence-corrected chi connectivity index (χ2v) is 12.0. The zero-order valence-corrected chi connectivity index (χ0v) is 26.0. The topological polar surface area (TPSA) is 102 Å². The third-order valence-electron chi connectivity index (χ3n) is 8.27. The van der Waals surface area contributed by atoms with E-state index >= 15 is 0 Å². The molecular weight excluding hydrogens is 601 g/mol. The Kier molecular flexibility index (Phi) is 9.24. The van der Waals surface area contributed by atoms with Gasteiger partial charge in [0.2, 0.25) is 0 Å². The van der Waals surface area contributed by atoms with E-state index in [4.69, 9.17) is 42.1 Å². The highest BCUT2D eigenvalue weighted by molar-refractivity contribution is 6.37. The molecule has 2 aliphatic heterocycles. The Hall–Kier alpha value is -3.81. The number of nitriles is 1. The molecule has 0 amide bonds. The summed E-state index contributed by atoms with van der Waals surface area (Å²) >= 11 is 13.0. The highest BCUT2D eigenvalue weighted by Crippen LogP contribution is 2.41. The van der Waals surface area contributed by atoms with E-state index in [9.17, 15) is 5.26 Å². The van der Waals surface area contributed by atoms with Crippen LogP contribution >= 0.6 is 23.2 Å². The minimum absolute atomic E-state index is 0.234. The minimum atomic E-state index is 0.234. The molecule has 2 saturated heterocycles. The van der Waals surface area contributed by atoms with Crippen LogP contribution in [0.3, 0.4) is 0 Å². The molecular formula is C33H33Cl2N5O4. The average Bonchev–Trinajstić information content (AvgIpc) is 3.03. The van der Waals surface area contributed by atoms with E-state index in [1.807, 2.05) is 30.3 Å². The molecule has 1 spiro atoms. The van der Waals surface area contributed by atoms with E-state index in [0.717, 1.165) is 45.0 Å². The van der Waals surface area contributed by atoms with Crippen LogP contribution in [0, 0.1) is 16.7 Å². The lowest BCUT2D eigenvalue weighted by Crippen LogP contribution is -2.51. The lowest BCUT2D eigenvalue weighted by atomic mass is 9.77. The summed E-state index contributed by atoms with van der Waals surface area (Å²) in [6.45, 7) is 5.83.